The SMILES string of the molecule is O=C(C=Cc1ccco1)Oc1cccc(C=NNC(=O)c2ccccc2Br)c1. The Morgan fingerprint density at radius 3 is 2.71 bits per heavy atom. The van der Waals surface area contributed by atoms with E-state index in [-0.39, 0.29) is 5.91 Å². The van der Waals surface area contributed by atoms with Gasteiger partial charge in [0.1, 0.15) is 11.5 Å². The minimum absolute atomic E-state index is 0.339. The number of carbonyl (C=O) groups is 2. The summed E-state index contributed by atoms with van der Waals surface area (Å²) in [6, 6.07) is 17.3. The third-order valence-corrected chi connectivity index (χ3v) is 4.19. The molecule has 0 bridgehead atoms. The molecule has 3 aromatic rings. The molecule has 6 nitrogen and oxygen atoms in total. The zero-order chi connectivity index (χ0) is 19.8. The minimum Gasteiger partial charge on any atom is -0.465 e. The molecule has 2 aromatic carbocycles. The molecular formula is C21H15BrN2O4. The van der Waals surface area contributed by atoms with Crippen molar-refractivity contribution in [2.45, 2.75) is 0 Å². The van der Waals surface area contributed by atoms with Crippen LogP contribution in [-0.4, -0.2) is 18.1 Å². The molecule has 1 aromatic heterocycles. The molecule has 0 aliphatic carbocycles. The Balaban J connectivity index is 1.58. The zero-order valence-corrected chi connectivity index (χ0v) is 16.1. The molecule has 1 N–H and O–H groups in total. The highest BCUT2D eigenvalue weighted by atomic mass is 79.9. The summed E-state index contributed by atoms with van der Waals surface area (Å²) in [5, 5.41) is 3.94. The van der Waals surface area contributed by atoms with Gasteiger partial charge in [-0.2, -0.15) is 5.10 Å². The number of amides is 1. The van der Waals surface area contributed by atoms with Crippen molar-refractivity contribution in [3.63, 3.8) is 0 Å². The molecule has 7 heteroatoms. The summed E-state index contributed by atoms with van der Waals surface area (Å²) in [7, 11) is 0. The van der Waals surface area contributed by atoms with Crippen LogP contribution < -0.4 is 10.2 Å². The quantitative estimate of drug-likeness (QED) is 0.203. The maximum atomic E-state index is 12.1. The van der Waals surface area contributed by atoms with E-state index in [0.29, 0.717) is 27.1 Å². The highest BCUT2D eigenvalue weighted by Gasteiger charge is 2.07. The van der Waals surface area contributed by atoms with Gasteiger partial charge in [-0.15, -0.1) is 0 Å². The van der Waals surface area contributed by atoms with Gasteiger partial charge in [0.15, 0.2) is 0 Å². The van der Waals surface area contributed by atoms with E-state index >= 15 is 0 Å². The van der Waals surface area contributed by atoms with Crippen LogP contribution in [-0.2, 0) is 4.79 Å². The van der Waals surface area contributed by atoms with Crippen molar-refractivity contribution in [3.05, 3.63) is 94.4 Å². The largest absolute Gasteiger partial charge is 0.465 e. The van der Waals surface area contributed by atoms with Crippen LogP contribution in [0.5, 0.6) is 5.75 Å². The van der Waals surface area contributed by atoms with Crippen LogP contribution in [0, 0.1) is 0 Å². The smallest absolute Gasteiger partial charge is 0.336 e. The van der Waals surface area contributed by atoms with Crippen molar-refractivity contribution in [3.8, 4) is 5.75 Å². The Labute approximate surface area is 169 Å². The fourth-order valence-electron chi connectivity index (χ4n) is 2.22. The molecule has 0 radical (unpaired) electrons. The predicted octanol–water partition coefficient (Wildman–Crippen LogP) is 4.42. The number of nitrogens with one attached hydrogen (secondary N) is 1. The Morgan fingerprint density at radius 1 is 1.07 bits per heavy atom. The first-order chi connectivity index (χ1) is 13.6. The normalized spacial score (nSPS) is 11.0. The predicted molar refractivity (Wildman–Crippen MR) is 109 cm³/mol. The molecule has 0 atom stereocenters. The maximum absolute atomic E-state index is 12.1. The molecule has 1 heterocycles. The summed E-state index contributed by atoms with van der Waals surface area (Å²) in [5.41, 5.74) is 3.59. The highest BCUT2D eigenvalue weighted by Crippen LogP contribution is 2.16. The van der Waals surface area contributed by atoms with Crippen molar-refractivity contribution in [1.82, 2.24) is 5.43 Å². The summed E-state index contributed by atoms with van der Waals surface area (Å²) < 4.78 is 11.0. The van der Waals surface area contributed by atoms with Gasteiger partial charge in [-0.3, -0.25) is 4.79 Å². The second-order valence-corrected chi connectivity index (χ2v) is 6.38. The van der Waals surface area contributed by atoms with E-state index in [9.17, 15) is 9.59 Å². The molecule has 1 amide bonds. The van der Waals surface area contributed by atoms with Crippen LogP contribution in [0.1, 0.15) is 21.7 Å². The molecule has 0 fully saturated rings. The first kappa shape index (κ1) is 19.3. The Hall–Kier alpha value is -3.45. The number of furan rings is 1. The third kappa shape index (κ3) is 5.52. The van der Waals surface area contributed by atoms with Gasteiger partial charge in [0.25, 0.3) is 5.91 Å². The van der Waals surface area contributed by atoms with Gasteiger partial charge < -0.3 is 9.15 Å². The van der Waals surface area contributed by atoms with Crippen molar-refractivity contribution in [1.29, 1.82) is 0 Å². The third-order valence-electron chi connectivity index (χ3n) is 3.50. The monoisotopic (exact) mass is 438 g/mol. The lowest BCUT2D eigenvalue weighted by Crippen LogP contribution is -2.18. The van der Waals surface area contributed by atoms with Gasteiger partial charge in [-0.05, 0) is 64.0 Å². The number of halogens is 1. The Morgan fingerprint density at radius 2 is 1.93 bits per heavy atom. The van der Waals surface area contributed by atoms with Crippen LogP contribution in [0.2, 0.25) is 0 Å². The van der Waals surface area contributed by atoms with Gasteiger partial charge in [-0.25, -0.2) is 10.2 Å². The van der Waals surface area contributed by atoms with E-state index in [1.54, 1.807) is 54.6 Å². The lowest BCUT2D eigenvalue weighted by molar-refractivity contribution is -0.128. The maximum Gasteiger partial charge on any atom is 0.336 e. The zero-order valence-electron chi connectivity index (χ0n) is 14.5. The van der Waals surface area contributed by atoms with E-state index in [2.05, 4.69) is 26.5 Å². The number of carbonyl (C=O) groups excluding carboxylic acids is 2. The number of ether oxygens (including phenoxy) is 1. The Bertz CT molecular complexity index is 1030. The molecule has 0 aliphatic rings. The number of nitrogens with zero attached hydrogens (tertiary/aromatic N) is 1. The van der Waals surface area contributed by atoms with Crippen LogP contribution in [0.15, 0.2) is 87.0 Å². The fourth-order valence-corrected chi connectivity index (χ4v) is 2.68. The second kappa shape index (κ2) is 9.48. The van der Waals surface area contributed by atoms with Crippen molar-refractivity contribution >= 4 is 40.1 Å². The number of rotatable bonds is 6. The molecule has 3 rings (SSSR count). The lowest BCUT2D eigenvalue weighted by Gasteiger charge is -2.03. The van der Waals surface area contributed by atoms with Crippen LogP contribution in [0.25, 0.3) is 6.08 Å². The van der Waals surface area contributed by atoms with Crippen molar-refractivity contribution in [2.75, 3.05) is 0 Å². The van der Waals surface area contributed by atoms with Gasteiger partial charge in [-0.1, -0.05) is 24.3 Å². The van der Waals surface area contributed by atoms with E-state index in [4.69, 9.17) is 9.15 Å². The average Bonchev–Trinajstić information content (AvgIpc) is 3.21. The highest BCUT2D eigenvalue weighted by molar-refractivity contribution is 9.10. The first-order valence-electron chi connectivity index (χ1n) is 8.23. The standard InChI is InChI=1S/C21H15BrN2O4/c22-19-9-2-1-8-18(19)21(26)24-23-14-15-5-3-6-17(13-15)28-20(25)11-10-16-7-4-12-27-16/h1-14H,(H,24,26). The van der Waals surface area contributed by atoms with Crippen LogP contribution in [0.3, 0.4) is 0 Å². The van der Waals surface area contributed by atoms with E-state index < -0.39 is 5.97 Å². The molecule has 28 heavy (non-hydrogen) atoms. The van der Waals surface area contributed by atoms with Gasteiger partial charge >= 0.3 is 5.97 Å². The van der Waals surface area contributed by atoms with Crippen molar-refractivity contribution in [2.24, 2.45) is 5.10 Å². The summed E-state index contributed by atoms with van der Waals surface area (Å²) in [6.45, 7) is 0. The number of benzene rings is 2. The molecule has 0 spiro atoms. The fraction of sp³-hybridized carbons (Fsp3) is 0. The molecule has 140 valence electrons. The molecule has 0 saturated carbocycles. The number of hydrazone groups is 1. The number of esters is 1. The Kier molecular flexibility index (Phi) is 6.54. The summed E-state index contributed by atoms with van der Waals surface area (Å²) in [4.78, 5) is 24.0. The molecule has 0 unspecified atom stereocenters. The van der Waals surface area contributed by atoms with Crippen LogP contribution in [0.4, 0.5) is 0 Å². The first-order valence-corrected chi connectivity index (χ1v) is 9.02. The van der Waals surface area contributed by atoms with Crippen LogP contribution >= 0.6 is 15.9 Å². The number of hydrogen-bond donors (Lipinski definition) is 1. The molecule has 0 aliphatic heterocycles. The summed E-state index contributed by atoms with van der Waals surface area (Å²) >= 11 is 3.32. The summed E-state index contributed by atoms with van der Waals surface area (Å²) in [5.74, 6) is 0.0379. The lowest BCUT2D eigenvalue weighted by atomic mass is 10.2. The molecular weight excluding hydrogens is 424 g/mol. The summed E-state index contributed by atoms with van der Waals surface area (Å²) in [6.07, 6.45) is 5.77. The minimum atomic E-state index is -0.535. The molecule has 0 saturated heterocycles. The van der Waals surface area contributed by atoms with E-state index in [1.165, 1.54) is 24.6 Å². The number of hydrogen-bond acceptors (Lipinski definition) is 5. The van der Waals surface area contributed by atoms with Gasteiger partial charge in [0.05, 0.1) is 18.0 Å². The van der Waals surface area contributed by atoms with Gasteiger partial charge in [0.2, 0.25) is 0 Å². The van der Waals surface area contributed by atoms with E-state index in [0.717, 1.165) is 0 Å². The van der Waals surface area contributed by atoms with Crippen molar-refractivity contribution < 1.29 is 18.7 Å². The van der Waals surface area contributed by atoms with E-state index in [1.807, 2.05) is 6.07 Å². The average molecular weight is 439 g/mol. The second-order valence-electron chi connectivity index (χ2n) is 5.52. The topological polar surface area (TPSA) is 80.9 Å². The van der Waals surface area contributed by atoms with Gasteiger partial charge in [0, 0.05) is 10.5 Å².